The lowest BCUT2D eigenvalue weighted by Gasteiger charge is -2.10. The number of ether oxygens (including phenoxy) is 1. The molecule has 0 atom stereocenters. The van der Waals surface area contributed by atoms with Crippen molar-refractivity contribution < 1.29 is 34.4 Å². The first-order valence-corrected chi connectivity index (χ1v) is 7.81. The van der Waals surface area contributed by atoms with E-state index in [4.69, 9.17) is 4.74 Å². The van der Waals surface area contributed by atoms with Gasteiger partial charge in [0.25, 0.3) is 0 Å². The van der Waals surface area contributed by atoms with Crippen LogP contribution >= 0.6 is 0 Å². The van der Waals surface area contributed by atoms with E-state index in [1.807, 2.05) is 0 Å². The minimum Gasteiger partial charge on any atom is -0.478 e. The zero-order chi connectivity index (χ0) is 20.3. The van der Waals surface area contributed by atoms with Crippen LogP contribution in [0.5, 0.6) is 0 Å². The average molecular weight is 385 g/mol. The molecule has 0 aliphatic heterocycles. The number of hydrogen-bond donors (Lipinski definition) is 4. The molecule has 142 valence electrons. The number of imidazole rings is 1. The smallest absolute Gasteiger partial charge is 0.352 e. The molecule has 4 N–H and O–H groups in total. The fraction of sp³-hybridized carbons (Fsp3) is 0.118. The lowest BCUT2D eigenvalue weighted by Crippen LogP contribution is -2.13. The first-order chi connectivity index (χ1) is 13.3. The molecule has 1 aromatic carbocycles. The minimum absolute atomic E-state index is 0.00977. The van der Waals surface area contributed by atoms with Gasteiger partial charge < -0.3 is 25.0 Å². The van der Waals surface area contributed by atoms with Crippen molar-refractivity contribution in [3.63, 3.8) is 0 Å². The van der Waals surface area contributed by atoms with Crippen LogP contribution < -0.4 is 5.43 Å². The second kappa shape index (κ2) is 5.76. The number of rotatable bonds is 5. The Morgan fingerprint density at radius 2 is 1.86 bits per heavy atom. The standard InChI is InChI=1S/C17H11N3O8/c1-28-4-9-19-12-13-10(5(15(22)23)3-8(17(26)27)20(9)13)11-6(14(12)21)2-7(18-11)16(24)25/h2-3,18H,4H2,1H3,(H,22,23)(H,24,25)(H,26,27). The summed E-state index contributed by atoms with van der Waals surface area (Å²) in [5, 5.41) is 28.3. The highest BCUT2D eigenvalue weighted by Gasteiger charge is 2.28. The number of nitrogens with zero attached hydrogens (tertiary/aromatic N) is 2. The Morgan fingerprint density at radius 1 is 1.14 bits per heavy atom. The van der Waals surface area contributed by atoms with E-state index < -0.39 is 34.6 Å². The number of aromatic amines is 1. The highest BCUT2D eigenvalue weighted by Crippen LogP contribution is 2.32. The summed E-state index contributed by atoms with van der Waals surface area (Å²) in [4.78, 5) is 54.5. The summed E-state index contributed by atoms with van der Waals surface area (Å²) in [5.41, 5.74) is -1.98. The quantitative estimate of drug-likeness (QED) is 0.391. The molecule has 0 fully saturated rings. The van der Waals surface area contributed by atoms with E-state index >= 15 is 0 Å². The summed E-state index contributed by atoms with van der Waals surface area (Å²) in [6.07, 6.45) is 0. The molecule has 0 aliphatic carbocycles. The van der Waals surface area contributed by atoms with Gasteiger partial charge in [0.1, 0.15) is 29.3 Å². The Bertz CT molecular complexity index is 1380. The van der Waals surface area contributed by atoms with Crippen LogP contribution in [-0.4, -0.2) is 54.7 Å². The summed E-state index contributed by atoms with van der Waals surface area (Å²) >= 11 is 0. The molecule has 0 bridgehead atoms. The van der Waals surface area contributed by atoms with Gasteiger partial charge in [-0.25, -0.2) is 19.4 Å². The predicted octanol–water partition coefficient (Wildman–Crippen LogP) is 1.01. The number of methoxy groups -OCH3 is 1. The molecule has 3 aromatic heterocycles. The molecule has 3 heterocycles. The van der Waals surface area contributed by atoms with Crippen LogP contribution in [0, 0.1) is 0 Å². The summed E-state index contributed by atoms with van der Waals surface area (Å²) < 4.78 is 6.17. The number of carboxylic acid groups (broad SMARTS) is 3. The van der Waals surface area contributed by atoms with Crippen LogP contribution in [0.1, 0.15) is 37.2 Å². The first kappa shape index (κ1) is 17.4. The van der Waals surface area contributed by atoms with Crippen molar-refractivity contribution in [2.75, 3.05) is 7.11 Å². The van der Waals surface area contributed by atoms with Crippen LogP contribution in [0.25, 0.3) is 27.3 Å². The third-order valence-corrected chi connectivity index (χ3v) is 4.46. The first-order valence-electron chi connectivity index (χ1n) is 7.81. The maximum atomic E-state index is 12.9. The molecule has 11 heteroatoms. The van der Waals surface area contributed by atoms with Crippen molar-refractivity contribution in [3.8, 4) is 0 Å². The van der Waals surface area contributed by atoms with Crippen LogP contribution in [0.3, 0.4) is 0 Å². The van der Waals surface area contributed by atoms with Crippen LogP contribution in [0.4, 0.5) is 0 Å². The normalized spacial score (nSPS) is 11.6. The highest BCUT2D eigenvalue weighted by molar-refractivity contribution is 6.20. The summed E-state index contributed by atoms with van der Waals surface area (Å²) in [6.45, 7) is -0.130. The number of carbonyl (C=O) groups is 3. The molecule has 0 unspecified atom stereocenters. The van der Waals surface area contributed by atoms with Crippen LogP contribution in [0.2, 0.25) is 0 Å². The molecule has 0 saturated carbocycles. The van der Waals surface area contributed by atoms with Gasteiger partial charge in [-0.3, -0.25) is 9.20 Å². The Labute approximate surface area is 153 Å². The molecular formula is C17H11N3O8. The molecule has 0 amide bonds. The topological polar surface area (TPSA) is 171 Å². The Kier molecular flexibility index (Phi) is 3.58. The predicted molar refractivity (Wildman–Crippen MR) is 93.6 cm³/mol. The molecule has 0 saturated heterocycles. The highest BCUT2D eigenvalue weighted by atomic mass is 16.5. The Balaban J connectivity index is 2.37. The van der Waals surface area contributed by atoms with Crippen LogP contribution in [-0.2, 0) is 11.3 Å². The van der Waals surface area contributed by atoms with Crippen molar-refractivity contribution in [3.05, 3.63) is 45.1 Å². The average Bonchev–Trinajstić information content (AvgIpc) is 3.22. The number of H-pyrrole nitrogens is 1. The summed E-state index contributed by atoms with van der Waals surface area (Å²) in [6, 6.07) is 2.04. The van der Waals surface area contributed by atoms with Gasteiger partial charge in [0.05, 0.1) is 22.0 Å². The van der Waals surface area contributed by atoms with E-state index in [-0.39, 0.29) is 45.4 Å². The molecule has 4 rings (SSSR count). The number of fused-ring (bicyclic) bond motifs is 2. The Morgan fingerprint density at radius 3 is 2.43 bits per heavy atom. The Hall–Kier alpha value is -3.99. The zero-order valence-corrected chi connectivity index (χ0v) is 14.1. The van der Waals surface area contributed by atoms with E-state index in [2.05, 4.69) is 9.97 Å². The van der Waals surface area contributed by atoms with Crippen molar-refractivity contribution in [2.24, 2.45) is 0 Å². The third kappa shape index (κ3) is 2.16. The van der Waals surface area contributed by atoms with Crippen molar-refractivity contribution >= 4 is 45.2 Å². The van der Waals surface area contributed by atoms with Crippen molar-refractivity contribution in [2.45, 2.75) is 6.61 Å². The van der Waals surface area contributed by atoms with Gasteiger partial charge in [0.15, 0.2) is 0 Å². The number of hydrogen-bond acceptors (Lipinski definition) is 6. The van der Waals surface area contributed by atoms with Crippen LogP contribution in [0.15, 0.2) is 16.9 Å². The van der Waals surface area contributed by atoms with Gasteiger partial charge in [0.2, 0.25) is 5.43 Å². The summed E-state index contributed by atoms with van der Waals surface area (Å²) in [5.74, 6) is -4.10. The molecule has 4 aromatic rings. The molecule has 11 nitrogen and oxygen atoms in total. The second-order valence-corrected chi connectivity index (χ2v) is 6.03. The van der Waals surface area contributed by atoms with Gasteiger partial charge in [-0.2, -0.15) is 0 Å². The largest absolute Gasteiger partial charge is 0.478 e. The molecular weight excluding hydrogens is 374 g/mol. The number of aromatic carboxylic acids is 3. The second-order valence-electron chi connectivity index (χ2n) is 6.03. The van der Waals surface area contributed by atoms with E-state index in [1.54, 1.807) is 0 Å². The van der Waals surface area contributed by atoms with E-state index in [1.165, 1.54) is 7.11 Å². The molecule has 0 spiro atoms. The number of carboxylic acids is 3. The van der Waals surface area contributed by atoms with Gasteiger partial charge in [-0.05, 0) is 12.1 Å². The maximum Gasteiger partial charge on any atom is 0.352 e. The van der Waals surface area contributed by atoms with Gasteiger partial charge in [-0.15, -0.1) is 0 Å². The lowest BCUT2D eigenvalue weighted by atomic mass is 10.0. The van der Waals surface area contributed by atoms with E-state index in [0.29, 0.717) is 0 Å². The lowest BCUT2D eigenvalue weighted by molar-refractivity contribution is 0.0677. The third-order valence-electron chi connectivity index (χ3n) is 4.46. The molecule has 0 aliphatic rings. The fourth-order valence-electron chi connectivity index (χ4n) is 3.39. The van der Waals surface area contributed by atoms with Crippen molar-refractivity contribution in [1.82, 2.24) is 14.4 Å². The van der Waals surface area contributed by atoms with E-state index in [0.717, 1.165) is 16.5 Å². The number of aromatic nitrogens is 3. The SMILES string of the molecule is COCc1nc2c(=O)c3cc(C(=O)O)[nH]c3c3c(C(=O)O)cc(C(=O)O)n1c23. The van der Waals surface area contributed by atoms with Crippen molar-refractivity contribution in [1.29, 1.82) is 0 Å². The fourth-order valence-corrected chi connectivity index (χ4v) is 3.39. The van der Waals surface area contributed by atoms with Gasteiger partial charge in [0, 0.05) is 12.5 Å². The molecule has 0 radical (unpaired) electrons. The molecule has 28 heavy (non-hydrogen) atoms. The number of nitrogens with one attached hydrogen (secondary N) is 1. The maximum absolute atomic E-state index is 12.9. The monoisotopic (exact) mass is 385 g/mol. The van der Waals surface area contributed by atoms with E-state index in [9.17, 15) is 34.5 Å². The zero-order valence-electron chi connectivity index (χ0n) is 14.1. The summed E-state index contributed by atoms with van der Waals surface area (Å²) in [7, 11) is 1.36. The minimum atomic E-state index is -1.44. The number of benzene rings is 1. The van der Waals surface area contributed by atoms with Gasteiger partial charge in [-0.1, -0.05) is 0 Å². The number of pyridine rings is 1. The van der Waals surface area contributed by atoms with Gasteiger partial charge >= 0.3 is 17.9 Å².